The molecule has 3 aromatic rings. The van der Waals surface area contributed by atoms with Crippen molar-refractivity contribution in [3.8, 4) is 0 Å². The first-order valence-electron chi connectivity index (χ1n) is 4.57. The van der Waals surface area contributed by atoms with Gasteiger partial charge in [0.1, 0.15) is 0 Å². The van der Waals surface area contributed by atoms with Gasteiger partial charge in [0.25, 0.3) is 5.56 Å². The molecule has 0 bridgehead atoms. The lowest BCUT2D eigenvalue weighted by Gasteiger charge is -2.00. The second kappa shape index (κ2) is 2.88. The van der Waals surface area contributed by atoms with Crippen LogP contribution >= 0.6 is 0 Å². The van der Waals surface area contributed by atoms with Crippen molar-refractivity contribution in [1.29, 1.82) is 0 Å². The summed E-state index contributed by atoms with van der Waals surface area (Å²) in [5.74, 6) is 0. The fraction of sp³-hybridized carbons (Fsp3) is 0. The summed E-state index contributed by atoms with van der Waals surface area (Å²) in [6, 6.07) is 7.56. The Kier molecular flexibility index (Phi) is 1.56. The summed E-state index contributed by atoms with van der Waals surface area (Å²) in [4.78, 5) is 15.9. The first kappa shape index (κ1) is 8.11. The molecule has 15 heavy (non-hydrogen) atoms. The van der Waals surface area contributed by atoms with E-state index in [0.29, 0.717) is 5.39 Å². The van der Waals surface area contributed by atoms with Crippen molar-refractivity contribution in [1.82, 2.24) is 15.2 Å². The van der Waals surface area contributed by atoms with Crippen LogP contribution in [0.4, 0.5) is 0 Å². The topological polar surface area (TPSA) is 58.6 Å². The van der Waals surface area contributed by atoms with Gasteiger partial charge in [0.15, 0.2) is 0 Å². The van der Waals surface area contributed by atoms with E-state index in [9.17, 15) is 4.79 Å². The molecule has 0 saturated heterocycles. The van der Waals surface area contributed by atoms with Crippen molar-refractivity contribution in [2.45, 2.75) is 0 Å². The Bertz CT molecular complexity index is 703. The largest absolute Gasteiger partial charge is 0.272 e. The van der Waals surface area contributed by atoms with Crippen molar-refractivity contribution in [2.24, 2.45) is 0 Å². The van der Waals surface area contributed by atoms with Crippen LogP contribution in [0.5, 0.6) is 0 Å². The molecule has 1 aromatic carbocycles. The van der Waals surface area contributed by atoms with E-state index < -0.39 is 0 Å². The number of aromatic nitrogens is 3. The highest BCUT2D eigenvalue weighted by Crippen LogP contribution is 2.18. The second-order valence-corrected chi connectivity index (χ2v) is 3.30. The average Bonchev–Trinajstić information content (AvgIpc) is 2.29. The minimum Gasteiger partial charge on any atom is -0.267 e. The van der Waals surface area contributed by atoms with E-state index in [4.69, 9.17) is 0 Å². The van der Waals surface area contributed by atoms with E-state index in [2.05, 4.69) is 15.2 Å². The van der Waals surface area contributed by atoms with Gasteiger partial charge in [-0.05, 0) is 6.07 Å². The Balaban J connectivity index is 2.70. The van der Waals surface area contributed by atoms with Gasteiger partial charge in [0.05, 0.1) is 17.1 Å². The molecule has 0 aliphatic rings. The maximum atomic E-state index is 11.6. The number of H-pyrrole nitrogens is 1. The first-order valence-corrected chi connectivity index (χ1v) is 4.57. The zero-order chi connectivity index (χ0) is 10.3. The van der Waals surface area contributed by atoms with Crippen LogP contribution in [0, 0.1) is 0 Å². The zero-order valence-electron chi connectivity index (χ0n) is 7.77. The second-order valence-electron chi connectivity index (χ2n) is 3.30. The van der Waals surface area contributed by atoms with Crippen LogP contribution in [0.25, 0.3) is 21.7 Å². The van der Waals surface area contributed by atoms with E-state index in [0.717, 1.165) is 16.3 Å². The van der Waals surface area contributed by atoms with E-state index in [1.807, 2.05) is 24.3 Å². The summed E-state index contributed by atoms with van der Waals surface area (Å²) in [6.07, 6.45) is 3.27. The maximum absolute atomic E-state index is 11.6. The molecule has 72 valence electrons. The number of rotatable bonds is 0. The summed E-state index contributed by atoms with van der Waals surface area (Å²) >= 11 is 0. The zero-order valence-corrected chi connectivity index (χ0v) is 7.77. The summed E-state index contributed by atoms with van der Waals surface area (Å²) in [6.45, 7) is 0. The average molecular weight is 197 g/mol. The molecule has 2 heterocycles. The molecule has 0 unspecified atom stereocenters. The first-order chi connectivity index (χ1) is 7.36. The van der Waals surface area contributed by atoms with Crippen molar-refractivity contribution in [2.75, 3.05) is 0 Å². The van der Waals surface area contributed by atoms with Crippen molar-refractivity contribution >= 4 is 21.7 Å². The highest BCUT2D eigenvalue weighted by Gasteiger charge is 2.04. The number of pyridine rings is 1. The monoisotopic (exact) mass is 197 g/mol. The van der Waals surface area contributed by atoms with Crippen LogP contribution in [0.1, 0.15) is 0 Å². The van der Waals surface area contributed by atoms with Gasteiger partial charge in [0, 0.05) is 17.0 Å². The number of benzene rings is 1. The maximum Gasteiger partial charge on any atom is 0.272 e. The number of aromatic amines is 1. The molecule has 0 saturated carbocycles. The number of hydrogen-bond acceptors (Lipinski definition) is 3. The summed E-state index contributed by atoms with van der Waals surface area (Å²) in [5.41, 5.74) is 0.646. The van der Waals surface area contributed by atoms with Gasteiger partial charge in [-0.2, -0.15) is 5.10 Å². The van der Waals surface area contributed by atoms with E-state index in [-0.39, 0.29) is 5.56 Å². The van der Waals surface area contributed by atoms with E-state index in [1.165, 1.54) is 0 Å². The number of para-hydroxylation sites is 1. The van der Waals surface area contributed by atoms with E-state index in [1.54, 1.807) is 12.4 Å². The summed E-state index contributed by atoms with van der Waals surface area (Å²) < 4.78 is 0. The van der Waals surface area contributed by atoms with Gasteiger partial charge in [0.2, 0.25) is 0 Å². The van der Waals surface area contributed by atoms with Gasteiger partial charge in [-0.3, -0.25) is 9.78 Å². The lowest BCUT2D eigenvalue weighted by Crippen LogP contribution is -2.08. The van der Waals surface area contributed by atoms with Crippen LogP contribution in [-0.2, 0) is 0 Å². The van der Waals surface area contributed by atoms with Crippen molar-refractivity contribution in [3.05, 3.63) is 47.0 Å². The van der Waals surface area contributed by atoms with Gasteiger partial charge in [-0.25, -0.2) is 5.10 Å². The molecule has 0 fully saturated rings. The summed E-state index contributed by atoms with van der Waals surface area (Å²) in [7, 11) is 0. The van der Waals surface area contributed by atoms with Crippen LogP contribution in [0.15, 0.2) is 41.5 Å². The Labute approximate surface area is 84.6 Å². The van der Waals surface area contributed by atoms with E-state index >= 15 is 0 Å². The molecule has 4 heteroatoms. The molecule has 3 rings (SSSR count). The molecule has 4 nitrogen and oxygen atoms in total. The van der Waals surface area contributed by atoms with Gasteiger partial charge in [-0.1, -0.05) is 18.2 Å². The smallest absolute Gasteiger partial charge is 0.267 e. The van der Waals surface area contributed by atoms with Crippen LogP contribution in [0.2, 0.25) is 0 Å². The third-order valence-electron chi connectivity index (χ3n) is 2.40. The van der Waals surface area contributed by atoms with Gasteiger partial charge in [-0.15, -0.1) is 0 Å². The quantitative estimate of drug-likeness (QED) is 0.555. The highest BCUT2D eigenvalue weighted by atomic mass is 16.1. The molecule has 0 amide bonds. The Morgan fingerprint density at radius 2 is 2.00 bits per heavy atom. The summed E-state index contributed by atoms with van der Waals surface area (Å²) in [5, 5.41) is 8.44. The number of nitrogens with one attached hydrogen (secondary N) is 1. The molecule has 0 aliphatic carbocycles. The molecule has 1 N–H and O–H groups in total. The predicted molar refractivity (Wildman–Crippen MR) is 57.7 cm³/mol. The third-order valence-corrected chi connectivity index (χ3v) is 2.40. The number of nitrogens with zero attached hydrogens (tertiary/aromatic N) is 2. The fourth-order valence-corrected chi connectivity index (χ4v) is 1.72. The molecular formula is C11H7N3O. The van der Waals surface area contributed by atoms with Crippen molar-refractivity contribution in [3.63, 3.8) is 0 Å². The van der Waals surface area contributed by atoms with Crippen molar-refractivity contribution < 1.29 is 0 Å². The third kappa shape index (κ3) is 1.11. The molecule has 2 aromatic heterocycles. The van der Waals surface area contributed by atoms with Crippen LogP contribution < -0.4 is 5.56 Å². The lowest BCUT2D eigenvalue weighted by atomic mass is 10.1. The minimum absolute atomic E-state index is 0.175. The lowest BCUT2D eigenvalue weighted by molar-refractivity contribution is 1.01. The Morgan fingerprint density at radius 3 is 2.93 bits per heavy atom. The fourth-order valence-electron chi connectivity index (χ4n) is 1.72. The number of hydrogen-bond donors (Lipinski definition) is 1. The minimum atomic E-state index is -0.175. The van der Waals surface area contributed by atoms with Gasteiger partial charge < -0.3 is 0 Å². The van der Waals surface area contributed by atoms with Crippen LogP contribution in [-0.4, -0.2) is 15.2 Å². The molecule has 0 spiro atoms. The molecule has 0 aliphatic heterocycles. The number of fused-ring (bicyclic) bond motifs is 3. The van der Waals surface area contributed by atoms with Crippen LogP contribution in [0.3, 0.4) is 0 Å². The Hall–Kier alpha value is -2.23. The standard InChI is InChI=1S/C11H7N3O/c15-11-10-7(6-13-14-11)5-12-9-4-2-1-3-8(9)10/h1-6H,(H,14,15). The SMILES string of the molecule is O=c1[nH]ncc2cnc3ccccc3c12. The highest BCUT2D eigenvalue weighted by molar-refractivity contribution is 6.04. The normalized spacial score (nSPS) is 10.9. The predicted octanol–water partition coefficient (Wildman–Crippen LogP) is 1.47. The Morgan fingerprint density at radius 1 is 1.13 bits per heavy atom. The van der Waals surface area contributed by atoms with Gasteiger partial charge >= 0.3 is 0 Å². The molecule has 0 radical (unpaired) electrons. The molecular weight excluding hydrogens is 190 g/mol. The molecule has 0 atom stereocenters.